The summed E-state index contributed by atoms with van der Waals surface area (Å²) in [5, 5.41) is 0. The maximum Gasteiger partial charge on any atom is 0.166 e. The van der Waals surface area contributed by atoms with Crippen LogP contribution in [-0.2, 0) is 9.53 Å². The lowest BCUT2D eigenvalue weighted by Crippen LogP contribution is -2.22. The minimum absolute atomic E-state index is 0.106. The van der Waals surface area contributed by atoms with Crippen molar-refractivity contribution in [2.24, 2.45) is 0 Å². The summed E-state index contributed by atoms with van der Waals surface area (Å²) < 4.78 is 5.83. The van der Waals surface area contributed by atoms with Gasteiger partial charge in [0, 0.05) is 12.0 Å². The van der Waals surface area contributed by atoms with Crippen LogP contribution in [0.2, 0.25) is 19.6 Å². The third-order valence-electron chi connectivity index (χ3n) is 3.03. The van der Waals surface area contributed by atoms with Gasteiger partial charge >= 0.3 is 0 Å². The normalized spacial score (nSPS) is 23.7. The number of carbonyl (C=O) groups excluding carboxylic acids is 1. The summed E-state index contributed by atoms with van der Waals surface area (Å²) in [6.07, 6.45) is 7.02. The molecule has 0 bridgehead atoms. The number of carbonyl (C=O) groups is 1. The molecule has 0 aromatic rings. The van der Waals surface area contributed by atoms with Crippen LogP contribution in [0, 0.1) is 11.5 Å². The third kappa shape index (κ3) is 3.36. The zero-order valence-electron chi connectivity index (χ0n) is 11.4. The van der Waals surface area contributed by atoms with E-state index >= 15 is 0 Å². The lowest BCUT2D eigenvalue weighted by atomic mass is 10.0. The van der Waals surface area contributed by atoms with Gasteiger partial charge in [-0.15, -0.1) is 5.54 Å². The Morgan fingerprint density at radius 2 is 2.11 bits per heavy atom. The Morgan fingerprint density at radius 1 is 1.33 bits per heavy atom. The van der Waals surface area contributed by atoms with Crippen LogP contribution in [0.3, 0.4) is 0 Å². The molecule has 2 rings (SSSR count). The Bertz CT molecular complexity index is 469. The van der Waals surface area contributed by atoms with Crippen molar-refractivity contribution in [2.45, 2.75) is 51.4 Å². The van der Waals surface area contributed by atoms with Crippen molar-refractivity contribution in [2.75, 3.05) is 0 Å². The molecule has 0 spiro atoms. The summed E-state index contributed by atoms with van der Waals surface area (Å²) in [5.74, 6) is 4.27. The molecule has 2 nitrogen and oxygen atoms in total. The predicted molar refractivity (Wildman–Crippen MR) is 75.6 cm³/mol. The molecular weight excluding hydrogens is 240 g/mol. The van der Waals surface area contributed by atoms with E-state index in [1.807, 2.05) is 12.2 Å². The molecule has 1 aliphatic heterocycles. The lowest BCUT2D eigenvalue weighted by molar-refractivity contribution is -0.118. The van der Waals surface area contributed by atoms with E-state index in [9.17, 15) is 4.79 Å². The van der Waals surface area contributed by atoms with Crippen LogP contribution in [-0.4, -0.2) is 20.0 Å². The highest BCUT2D eigenvalue weighted by atomic mass is 28.3. The quantitative estimate of drug-likeness (QED) is 0.534. The van der Waals surface area contributed by atoms with Gasteiger partial charge in [0.15, 0.2) is 5.78 Å². The summed E-state index contributed by atoms with van der Waals surface area (Å²) in [4.78, 5) is 11.9. The molecule has 3 heteroatoms. The highest BCUT2D eigenvalue weighted by molar-refractivity contribution is 6.83. The van der Waals surface area contributed by atoms with E-state index in [1.165, 1.54) is 0 Å². The standard InChI is InChI=1S/C15H20O2Si/c1-18(2,3)10-5-4-7-12-11-14(16)13-8-6-9-15(13)17-12/h4,7,12H,6,8-9,11H2,1-3H3/b7-4-. The molecule has 0 aromatic carbocycles. The van der Waals surface area contributed by atoms with Gasteiger partial charge in [-0.1, -0.05) is 25.6 Å². The molecule has 0 saturated heterocycles. The van der Waals surface area contributed by atoms with Gasteiger partial charge in [-0.25, -0.2) is 0 Å². The number of allylic oxidation sites excluding steroid dienone is 3. The van der Waals surface area contributed by atoms with Crippen LogP contribution >= 0.6 is 0 Å². The van der Waals surface area contributed by atoms with Gasteiger partial charge in [0.25, 0.3) is 0 Å². The highest BCUT2D eigenvalue weighted by Crippen LogP contribution is 2.33. The molecule has 0 saturated carbocycles. The summed E-state index contributed by atoms with van der Waals surface area (Å²) in [6, 6.07) is 0. The van der Waals surface area contributed by atoms with Crippen molar-refractivity contribution >= 4 is 13.9 Å². The van der Waals surface area contributed by atoms with Crippen LogP contribution in [0.25, 0.3) is 0 Å². The maximum atomic E-state index is 11.9. The van der Waals surface area contributed by atoms with E-state index in [0.29, 0.717) is 6.42 Å². The third-order valence-corrected chi connectivity index (χ3v) is 3.92. The smallest absolute Gasteiger partial charge is 0.166 e. The molecule has 96 valence electrons. The Labute approximate surface area is 110 Å². The van der Waals surface area contributed by atoms with E-state index in [0.717, 1.165) is 30.6 Å². The van der Waals surface area contributed by atoms with Crippen molar-refractivity contribution < 1.29 is 9.53 Å². The summed E-state index contributed by atoms with van der Waals surface area (Å²) in [7, 11) is -1.31. The fourth-order valence-corrected chi connectivity index (χ4v) is 2.71. The van der Waals surface area contributed by atoms with Crippen LogP contribution in [0.5, 0.6) is 0 Å². The summed E-state index contributed by atoms with van der Waals surface area (Å²) >= 11 is 0. The zero-order chi connectivity index (χ0) is 13.2. The van der Waals surface area contributed by atoms with Gasteiger partial charge in [-0.05, 0) is 25.0 Å². The molecule has 0 radical (unpaired) electrons. The maximum absolute atomic E-state index is 11.9. The molecule has 18 heavy (non-hydrogen) atoms. The van der Waals surface area contributed by atoms with Gasteiger partial charge in [0.2, 0.25) is 0 Å². The first kappa shape index (κ1) is 13.2. The van der Waals surface area contributed by atoms with Gasteiger partial charge < -0.3 is 4.74 Å². The van der Waals surface area contributed by atoms with Gasteiger partial charge in [0.1, 0.15) is 19.9 Å². The van der Waals surface area contributed by atoms with E-state index < -0.39 is 8.07 Å². The van der Waals surface area contributed by atoms with Gasteiger partial charge in [-0.2, -0.15) is 0 Å². The molecule has 1 heterocycles. The molecule has 1 aliphatic carbocycles. The van der Waals surface area contributed by atoms with Crippen molar-refractivity contribution in [1.82, 2.24) is 0 Å². The van der Waals surface area contributed by atoms with E-state index in [-0.39, 0.29) is 11.9 Å². The van der Waals surface area contributed by atoms with Gasteiger partial charge in [0.05, 0.1) is 6.42 Å². The SMILES string of the molecule is C[Si](C)(C)C#C/C=C\C1CC(=O)C2=C(CCC2)O1. The minimum atomic E-state index is -1.31. The van der Waals surface area contributed by atoms with Crippen LogP contribution in [0.4, 0.5) is 0 Å². The fourth-order valence-electron chi connectivity index (χ4n) is 2.19. The van der Waals surface area contributed by atoms with E-state index in [4.69, 9.17) is 4.74 Å². The van der Waals surface area contributed by atoms with Crippen molar-refractivity contribution in [1.29, 1.82) is 0 Å². The molecule has 0 aromatic heterocycles. The lowest BCUT2D eigenvalue weighted by Gasteiger charge is -2.22. The van der Waals surface area contributed by atoms with Crippen molar-refractivity contribution in [3.8, 4) is 11.5 Å². The van der Waals surface area contributed by atoms with Gasteiger partial charge in [-0.3, -0.25) is 4.79 Å². The topological polar surface area (TPSA) is 26.3 Å². The van der Waals surface area contributed by atoms with Crippen molar-refractivity contribution in [3.05, 3.63) is 23.5 Å². The fraction of sp³-hybridized carbons (Fsp3) is 0.533. The predicted octanol–water partition coefficient (Wildman–Crippen LogP) is 3.22. The van der Waals surface area contributed by atoms with Crippen LogP contribution < -0.4 is 0 Å². The van der Waals surface area contributed by atoms with E-state index in [2.05, 4.69) is 31.1 Å². The number of ether oxygens (including phenoxy) is 1. The Morgan fingerprint density at radius 3 is 2.83 bits per heavy atom. The molecule has 1 atom stereocenters. The molecular formula is C15H20O2Si. The average molecular weight is 260 g/mol. The first-order valence-electron chi connectivity index (χ1n) is 6.57. The summed E-state index contributed by atoms with van der Waals surface area (Å²) in [5.41, 5.74) is 4.21. The number of ketones is 1. The molecule has 0 amide bonds. The number of rotatable bonds is 1. The first-order valence-corrected chi connectivity index (χ1v) is 10.1. The monoisotopic (exact) mass is 260 g/mol. The van der Waals surface area contributed by atoms with Crippen LogP contribution in [0.15, 0.2) is 23.5 Å². The average Bonchev–Trinajstić information content (AvgIpc) is 2.71. The highest BCUT2D eigenvalue weighted by Gasteiger charge is 2.30. The molecule has 1 unspecified atom stereocenters. The zero-order valence-corrected chi connectivity index (χ0v) is 12.4. The largest absolute Gasteiger partial charge is 0.490 e. The first-order chi connectivity index (χ1) is 8.46. The molecule has 0 N–H and O–H groups in total. The minimum Gasteiger partial charge on any atom is -0.490 e. The second kappa shape index (κ2) is 5.15. The Balaban J connectivity index is 1.98. The number of hydrogen-bond acceptors (Lipinski definition) is 2. The van der Waals surface area contributed by atoms with E-state index in [1.54, 1.807) is 0 Å². The Hall–Kier alpha value is -1.27. The number of Topliss-reactive ketones (excluding diaryl/α,β-unsaturated/α-hetero) is 1. The Kier molecular flexibility index (Phi) is 3.77. The summed E-state index contributed by atoms with van der Waals surface area (Å²) in [6.45, 7) is 6.64. The van der Waals surface area contributed by atoms with Crippen LogP contribution in [0.1, 0.15) is 25.7 Å². The van der Waals surface area contributed by atoms with Crippen molar-refractivity contribution in [3.63, 3.8) is 0 Å². The molecule has 2 aliphatic rings. The molecule has 0 fully saturated rings. The second-order valence-electron chi connectivity index (χ2n) is 5.92. The second-order valence-corrected chi connectivity index (χ2v) is 10.7. The number of hydrogen-bond donors (Lipinski definition) is 0.